The Morgan fingerprint density at radius 1 is 0.350 bits per heavy atom. The molecular weight excluding hydrogens is 745 g/mol. The maximum atomic E-state index is 12.7. The normalized spacial score (nSPS) is 12.9. The third-order valence-corrected chi connectivity index (χ3v) is 9.85. The zero-order chi connectivity index (χ0) is 43.7. The lowest BCUT2D eigenvalue weighted by atomic mass is 10.1. The zero-order valence-corrected chi connectivity index (χ0v) is 38.7. The number of hydrogen-bond donors (Lipinski definition) is 0. The lowest BCUT2D eigenvalue weighted by Crippen LogP contribution is -2.30. The second-order valence-electron chi connectivity index (χ2n) is 15.6. The van der Waals surface area contributed by atoms with Gasteiger partial charge < -0.3 is 14.2 Å². The van der Waals surface area contributed by atoms with Crippen LogP contribution < -0.4 is 0 Å². The molecule has 0 aromatic rings. The van der Waals surface area contributed by atoms with Crippen LogP contribution in [0.15, 0.2) is 97.2 Å². The van der Waals surface area contributed by atoms with Crippen LogP contribution in [0, 0.1) is 0 Å². The number of carbonyl (C=O) groups is 3. The van der Waals surface area contributed by atoms with Crippen molar-refractivity contribution in [3.05, 3.63) is 97.2 Å². The summed E-state index contributed by atoms with van der Waals surface area (Å²) in [7, 11) is 0. The number of hydrogen-bond acceptors (Lipinski definition) is 6. The van der Waals surface area contributed by atoms with Gasteiger partial charge in [-0.15, -0.1) is 0 Å². The summed E-state index contributed by atoms with van der Waals surface area (Å²) in [5.41, 5.74) is 0. The molecule has 0 amide bonds. The third kappa shape index (κ3) is 45.4. The van der Waals surface area contributed by atoms with Crippen LogP contribution in [0.3, 0.4) is 0 Å². The van der Waals surface area contributed by atoms with Gasteiger partial charge in [-0.25, -0.2) is 0 Å². The molecule has 0 N–H and O–H groups in total. The number of ether oxygens (including phenoxy) is 3. The summed E-state index contributed by atoms with van der Waals surface area (Å²) in [5.74, 6) is -1.01. The molecule has 0 aromatic heterocycles. The molecule has 0 radical (unpaired) electrons. The van der Waals surface area contributed by atoms with Crippen molar-refractivity contribution in [2.24, 2.45) is 0 Å². The fraction of sp³-hybridized carbons (Fsp3) is 0.648. The van der Waals surface area contributed by atoms with Crippen LogP contribution in [0.25, 0.3) is 0 Å². The molecular formula is C54H88O6. The Morgan fingerprint density at radius 3 is 1.08 bits per heavy atom. The highest BCUT2D eigenvalue weighted by atomic mass is 16.6. The average molecular weight is 833 g/mol. The summed E-state index contributed by atoms with van der Waals surface area (Å²) in [5, 5.41) is 0. The lowest BCUT2D eigenvalue weighted by Gasteiger charge is -2.18. The van der Waals surface area contributed by atoms with E-state index >= 15 is 0 Å². The van der Waals surface area contributed by atoms with E-state index in [1.54, 1.807) is 0 Å². The Bertz CT molecular complexity index is 1230. The Labute approximate surface area is 368 Å². The molecule has 0 saturated heterocycles. The maximum Gasteiger partial charge on any atom is 0.306 e. The molecule has 6 heteroatoms. The van der Waals surface area contributed by atoms with E-state index in [1.165, 1.54) is 64.2 Å². The first-order chi connectivity index (χ1) is 29.5. The number of unbranched alkanes of at least 4 members (excludes halogenated alkanes) is 15. The first kappa shape index (κ1) is 56.3. The van der Waals surface area contributed by atoms with Crippen molar-refractivity contribution in [1.29, 1.82) is 0 Å². The molecule has 0 heterocycles. The topological polar surface area (TPSA) is 78.9 Å². The van der Waals surface area contributed by atoms with Gasteiger partial charge in [-0.2, -0.15) is 0 Å². The predicted molar refractivity (Wildman–Crippen MR) is 256 cm³/mol. The predicted octanol–water partition coefficient (Wildman–Crippen LogP) is 15.8. The van der Waals surface area contributed by atoms with Gasteiger partial charge in [0.25, 0.3) is 0 Å². The Hall–Kier alpha value is -3.67. The van der Waals surface area contributed by atoms with E-state index in [0.29, 0.717) is 19.3 Å². The standard InChI is InChI=1S/C54H88O6/c1-4-7-10-13-16-19-21-23-24-25-26-27-28-29-30-32-33-35-38-41-44-47-53(56)59-50-51(49-58-52(55)46-43-40-37-18-15-12-9-6-3)60-54(57)48-45-42-39-36-34-31-22-20-17-14-11-8-5-2/h7-8,10-11,16-17,19-20,23-24,26-27,31,34,39,42,51H,4-6,9,12-15,18,21-22,25,28-30,32-33,35-38,40-41,43-50H2,1-3H3/b10-7-,11-8-,19-16-,20-17-,24-23-,27-26-,34-31-,42-39-. The van der Waals surface area contributed by atoms with E-state index in [0.717, 1.165) is 96.3 Å². The smallest absolute Gasteiger partial charge is 0.306 e. The van der Waals surface area contributed by atoms with Gasteiger partial charge in [-0.1, -0.05) is 201 Å². The number of allylic oxidation sites excluding steroid dienone is 16. The molecule has 0 aliphatic rings. The minimum atomic E-state index is -0.815. The monoisotopic (exact) mass is 833 g/mol. The van der Waals surface area contributed by atoms with Gasteiger partial charge in [0, 0.05) is 19.3 Å². The quantitative estimate of drug-likeness (QED) is 0.0264. The van der Waals surface area contributed by atoms with Crippen LogP contribution in [0.5, 0.6) is 0 Å². The first-order valence-corrected chi connectivity index (χ1v) is 24.2. The molecule has 0 fully saturated rings. The molecule has 60 heavy (non-hydrogen) atoms. The molecule has 0 aromatic carbocycles. The zero-order valence-electron chi connectivity index (χ0n) is 38.7. The summed E-state index contributed by atoms with van der Waals surface area (Å²) < 4.78 is 16.6. The van der Waals surface area contributed by atoms with E-state index in [2.05, 4.69) is 106 Å². The SMILES string of the molecule is CC/C=C\C/C=C\C/C=C\C/C=C\CCCCCCCCCCC(=O)OCC(COC(=O)CCCCCCCCCC)OC(=O)CC/C=C\C/C=C\C/C=C\C/C=C\CC. The van der Waals surface area contributed by atoms with Crippen molar-refractivity contribution in [2.45, 2.75) is 213 Å². The Kier molecular flexibility index (Phi) is 45.1. The number of carbonyl (C=O) groups excluding carboxylic acids is 3. The minimum Gasteiger partial charge on any atom is -0.462 e. The fourth-order valence-corrected chi connectivity index (χ4v) is 6.27. The largest absolute Gasteiger partial charge is 0.462 e. The first-order valence-electron chi connectivity index (χ1n) is 24.2. The van der Waals surface area contributed by atoms with Crippen molar-refractivity contribution >= 4 is 17.9 Å². The van der Waals surface area contributed by atoms with Gasteiger partial charge >= 0.3 is 17.9 Å². The molecule has 1 atom stereocenters. The molecule has 0 rings (SSSR count). The van der Waals surface area contributed by atoms with E-state index < -0.39 is 12.1 Å². The van der Waals surface area contributed by atoms with Crippen LogP contribution in [0.4, 0.5) is 0 Å². The summed E-state index contributed by atoms with van der Waals surface area (Å²) >= 11 is 0. The summed E-state index contributed by atoms with van der Waals surface area (Å²) in [6.45, 7) is 6.29. The van der Waals surface area contributed by atoms with E-state index in [-0.39, 0.29) is 31.6 Å². The van der Waals surface area contributed by atoms with Crippen molar-refractivity contribution in [3.8, 4) is 0 Å². The Morgan fingerprint density at radius 2 is 0.683 bits per heavy atom. The highest BCUT2D eigenvalue weighted by Gasteiger charge is 2.19. The van der Waals surface area contributed by atoms with Crippen LogP contribution in [-0.2, 0) is 28.6 Å². The molecule has 0 bridgehead atoms. The minimum absolute atomic E-state index is 0.109. The van der Waals surface area contributed by atoms with Crippen LogP contribution in [0.1, 0.15) is 207 Å². The van der Waals surface area contributed by atoms with Gasteiger partial charge in [-0.05, 0) is 83.5 Å². The molecule has 0 spiro atoms. The lowest BCUT2D eigenvalue weighted by molar-refractivity contribution is -0.166. The second-order valence-corrected chi connectivity index (χ2v) is 15.6. The van der Waals surface area contributed by atoms with E-state index in [9.17, 15) is 14.4 Å². The summed E-state index contributed by atoms with van der Waals surface area (Å²) in [6, 6.07) is 0. The van der Waals surface area contributed by atoms with Gasteiger partial charge in [0.1, 0.15) is 13.2 Å². The van der Waals surface area contributed by atoms with Crippen LogP contribution >= 0.6 is 0 Å². The van der Waals surface area contributed by atoms with E-state index in [1.807, 2.05) is 12.2 Å². The molecule has 0 aliphatic heterocycles. The van der Waals surface area contributed by atoms with Gasteiger partial charge in [-0.3, -0.25) is 14.4 Å². The Balaban J connectivity index is 4.36. The van der Waals surface area contributed by atoms with Crippen molar-refractivity contribution in [2.75, 3.05) is 13.2 Å². The van der Waals surface area contributed by atoms with Gasteiger partial charge in [0.2, 0.25) is 0 Å². The average Bonchev–Trinajstić information content (AvgIpc) is 3.24. The van der Waals surface area contributed by atoms with Gasteiger partial charge in [0.05, 0.1) is 0 Å². The molecule has 340 valence electrons. The second kappa shape index (κ2) is 48.0. The summed E-state index contributed by atoms with van der Waals surface area (Å²) in [4.78, 5) is 37.7. The molecule has 0 saturated carbocycles. The van der Waals surface area contributed by atoms with Gasteiger partial charge in [0.15, 0.2) is 6.10 Å². The molecule has 0 aliphatic carbocycles. The van der Waals surface area contributed by atoms with Crippen LogP contribution in [0.2, 0.25) is 0 Å². The van der Waals surface area contributed by atoms with Crippen LogP contribution in [-0.4, -0.2) is 37.2 Å². The maximum absolute atomic E-state index is 12.7. The van der Waals surface area contributed by atoms with E-state index in [4.69, 9.17) is 14.2 Å². The third-order valence-electron chi connectivity index (χ3n) is 9.85. The van der Waals surface area contributed by atoms with Crippen molar-refractivity contribution in [3.63, 3.8) is 0 Å². The molecule has 1 unspecified atom stereocenters. The fourth-order valence-electron chi connectivity index (χ4n) is 6.27. The molecule has 6 nitrogen and oxygen atoms in total. The van der Waals surface area contributed by atoms with Crippen molar-refractivity contribution in [1.82, 2.24) is 0 Å². The number of rotatable bonds is 42. The highest BCUT2D eigenvalue weighted by molar-refractivity contribution is 5.71. The van der Waals surface area contributed by atoms with Crippen molar-refractivity contribution < 1.29 is 28.6 Å². The highest BCUT2D eigenvalue weighted by Crippen LogP contribution is 2.13. The summed E-state index contributed by atoms with van der Waals surface area (Å²) in [6.07, 6.45) is 62.7. The number of esters is 3.